The summed E-state index contributed by atoms with van der Waals surface area (Å²) in [6, 6.07) is 4.15. The SMILES string of the molecule is [B]C([B])([B])N(C(=O)Nc1cc(Oc2cnc3nc(Nc4cc(C(F)(F)F)cn(C)c4=O)n(C)c3c2C#N)ccn1)C([B])([B])[B]. The van der Waals surface area contributed by atoms with Crippen molar-refractivity contribution in [2.75, 3.05) is 10.6 Å². The van der Waals surface area contributed by atoms with Crippen LogP contribution in [-0.2, 0) is 20.3 Å². The van der Waals surface area contributed by atoms with Gasteiger partial charge in [-0.25, -0.2) is 14.8 Å². The molecule has 0 aliphatic carbocycles. The van der Waals surface area contributed by atoms with Crippen molar-refractivity contribution in [1.29, 1.82) is 5.26 Å². The Labute approximate surface area is 255 Å². The number of carbonyl (C=O) groups excluding carboxylic acids is 1. The summed E-state index contributed by atoms with van der Waals surface area (Å²) in [5, 5.41) is 10.1. The number of urea groups is 1. The highest BCUT2D eigenvalue weighted by atomic mass is 19.4. The molecule has 0 saturated carbocycles. The Morgan fingerprint density at radius 1 is 1.09 bits per heavy atom. The molecule has 0 unspecified atom stereocenters. The Kier molecular flexibility index (Phi) is 8.34. The number of amides is 2. The van der Waals surface area contributed by atoms with E-state index >= 15 is 0 Å². The molecule has 0 atom stereocenters. The van der Waals surface area contributed by atoms with Gasteiger partial charge in [0.15, 0.2) is 11.4 Å². The Hall–Kier alpha value is -4.74. The number of hydrogen-bond acceptors (Lipinski definition) is 8. The van der Waals surface area contributed by atoms with Gasteiger partial charge in [-0.05, 0) is 12.1 Å². The molecule has 4 rings (SSSR count). The number of alkyl halides is 3. The predicted molar refractivity (Wildman–Crippen MR) is 158 cm³/mol. The number of pyridine rings is 3. The summed E-state index contributed by atoms with van der Waals surface area (Å²) >= 11 is 0. The zero-order chi connectivity index (χ0) is 32.8. The van der Waals surface area contributed by atoms with E-state index in [0.717, 1.165) is 4.57 Å². The second-order valence-corrected chi connectivity index (χ2v) is 9.48. The molecule has 0 aromatic carbocycles. The number of aryl methyl sites for hydroxylation is 2. The normalized spacial score (nSPS) is 12.0. The van der Waals surface area contributed by atoms with Gasteiger partial charge in [0.2, 0.25) is 5.95 Å². The molecule has 0 aliphatic rings. The fourth-order valence-corrected chi connectivity index (χ4v) is 4.05. The lowest BCUT2D eigenvalue weighted by Crippen LogP contribution is -2.66. The Balaban J connectivity index is 1.66. The van der Waals surface area contributed by atoms with Crippen molar-refractivity contribution in [2.45, 2.75) is 16.7 Å². The number of ether oxygens (including phenoxy) is 1. The molecule has 12 radical (unpaired) electrons. The third-order valence-electron chi connectivity index (χ3n) is 5.90. The van der Waals surface area contributed by atoms with E-state index in [1.54, 1.807) is 0 Å². The Morgan fingerprint density at radius 2 is 1.75 bits per heavy atom. The molecule has 0 spiro atoms. The van der Waals surface area contributed by atoms with Crippen LogP contribution >= 0.6 is 0 Å². The van der Waals surface area contributed by atoms with Gasteiger partial charge >= 0.3 is 12.2 Å². The summed E-state index contributed by atoms with van der Waals surface area (Å²) in [7, 11) is 35.9. The third kappa shape index (κ3) is 6.58. The maximum Gasteiger partial charge on any atom is 0.417 e. The molecule has 0 aliphatic heterocycles. The lowest BCUT2D eigenvalue weighted by molar-refractivity contribution is -0.138. The number of nitrogens with one attached hydrogen (secondary N) is 2. The number of carbonyl (C=O) groups is 1. The number of halogens is 3. The number of anilines is 3. The molecular formula is C23H14B6F3N9O3. The molecule has 0 fully saturated rings. The van der Waals surface area contributed by atoms with Gasteiger partial charge in [-0.3, -0.25) is 10.1 Å². The first kappa shape index (κ1) is 32.2. The van der Waals surface area contributed by atoms with Crippen molar-refractivity contribution in [2.24, 2.45) is 14.1 Å². The van der Waals surface area contributed by atoms with E-state index in [-0.39, 0.29) is 40.0 Å². The topological polar surface area (TPSA) is 143 Å². The van der Waals surface area contributed by atoms with Crippen LogP contribution in [0.2, 0.25) is 0 Å². The van der Waals surface area contributed by atoms with Gasteiger partial charge in [0.1, 0.15) is 34.4 Å². The summed E-state index contributed by atoms with van der Waals surface area (Å²) in [4.78, 5) is 37.9. The van der Waals surface area contributed by atoms with Crippen LogP contribution in [0.15, 0.2) is 41.6 Å². The quantitative estimate of drug-likeness (QED) is 0.299. The number of hydrogen-bond donors (Lipinski definition) is 2. The molecule has 12 nitrogen and oxygen atoms in total. The van der Waals surface area contributed by atoms with Gasteiger partial charge in [0, 0.05) is 32.6 Å². The summed E-state index contributed by atoms with van der Waals surface area (Å²) in [5.41, 5.74) is -2.14. The maximum absolute atomic E-state index is 13.3. The molecule has 4 aromatic heterocycles. The van der Waals surface area contributed by atoms with Gasteiger partial charge in [-0.2, -0.15) is 23.4 Å². The minimum Gasteiger partial charge on any atom is -0.454 e. The average Bonchev–Trinajstić information content (AvgIpc) is 3.19. The highest BCUT2D eigenvalue weighted by molar-refractivity contribution is 6.64. The summed E-state index contributed by atoms with van der Waals surface area (Å²) in [6.45, 7) is 0. The van der Waals surface area contributed by atoms with E-state index in [0.29, 0.717) is 17.2 Å². The minimum absolute atomic E-state index is 0.0214. The molecule has 208 valence electrons. The summed E-state index contributed by atoms with van der Waals surface area (Å²) in [5.74, 6) is -0.202. The van der Waals surface area contributed by atoms with Gasteiger partial charge in [-0.15, -0.1) is 0 Å². The third-order valence-corrected chi connectivity index (χ3v) is 5.90. The molecule has 0 saturated heterocycles. The van der Waals surface area contributed by atoms with E-state index in [1.807, 2.05) is 6.07 Å². The first-order chi connectivity index (χ1) is 20.3. The second kappa shape index (κ2) is 11.4. The van der Waals surface area contributed by atoms with E-state index in [1.165, 1.54) is 43.2 Å². The van der Waals surface area contributed by atoms with Crippen LogP contribution in [-0.4, -0.2) is 92.6 Å². The molecule has 4 aromatic rings. The number of fused-ring (bicyclic) bond motifs is 1. The van der Waals surface area contributed by atoms with Crippen LogP contribution in [0.4, 0.5) is 35.4 Å². The van der Waals surface area contributed by atoms with Crippen molar-refractivity contribution in [3.8, 4) is 17.6 Å². The second-order valence-electron chi connectivity index (χ2n) is 9.48. The first-order valence-electron chi connectivity index (χ1n) is 12.1. The minimum atomic E-state index is -4.71. The van der Waals surface area contributed by atoms with Crippen LogP contribution in [0, 0.1) is 11.3 Å². The van der Waals surface area contributed by atoms with Gasteiger partial charge in [-0.1, -0.05) is 10.5 Å². The Bertz CT molecular complexity index is 1850. The monoisotopic (exact) mass is 587 g/mol. The molecular weight excluding hydrogens is 572 g/mol. The van der Waals surface area contributed by atoms with E-state index in [9.17, 15) is 28.0 Å². The highest BCUT2D eigenvalue weighted by Crippen LogP contribution is 2.33. The predicted octanol–water partition coefficient (Wildman–Crippen LogP) is 0.556. The first-order valence-corrected chi connectivity index (χ1v) is 12.1. The largest absolute Gasteiger partial charge is 0.454 e. The molecule has 4 heterocycles. The van der Waals surface area contributed by atoms with Crippen LogP contribution in [0.5, 0.6) is 11.5 Å². The van der Waals surface area contributed by atoms with Crippen molar-refractivity contribution in [3.63, 3.8) is 0 Å². The highest BCUT2D eigenvalue weighted by Gasteiger charge is 2.34. The summed E-state index contributed by atoms with van der Waals surface area (Å²) in [6.07, 6.45) is -1.62. The van der Waals surface area contributed by atoms with Crippen LogP contribution in [0.1, 0.15) is 11.1 Å². The number of rotatable bonds is 7. The van der Waals surface area contributed by atoms with Crippen molar-refractivity contribution in [3.05, 3.63) is 58.3 Å². The number of nitrogens with zero attached hydrogens (tertiary/aromatic N) is 7. The molecule has 44 heavy (non-hydrogen) atoms. The summed E-state index contributed by atoms with van der Waals surface area (Å²) < 4.78 is 47.9. The zero-order valence-electron chi connectivity index (χ0n) is 22.9. The van der Waals surface area contributed by atoms with Crippen LogP contribution in [0.25, 0.3) is 11.2 Å². The Morgan fingerprint density at radius 3 is 2.34 bits per heavy atom. The lowest BCUT2D eigenvalue weighted by Gasteiger charge is -2.48. The van der Waals surface area contributed by atoms with Crippen LogP contribution < -0.4 is 20.9 Å². The molecule has 2 N–H and O–H groups in total. The van der Waals surface area contributed by atoms with E-state index in [4.69, 9.17) is 51.8 Å². The molecule has 2 amide bonds. The van der Waals surface area contributed by atoms with E-state index < -0.39 is 39.5 Å². The fourth-order valence-electron chi connectivity index (χ4n) is 4.05. The van der Waals surface area contributed by atoms with E-state index in [2.05, 4.69) is 25.6 Å². The number of imidazole rings is 1. The van der Waals surface area contributed by atoms with Crippen LogP contribution in [0.3, 0.4) is 0 Å². The standard InChI is InChI=1S/C23H14B6F3N9O3/c1-39-9-10(21(30,31)32)5-13(18(39)42)36-19-38-17-16(40(19)2)12(7-33)14(8-35-17)44-11-3-4-34-15(6-11)37-20(43)41(22(24,25)26)23(27,28)29/h3-6,8-9H,1-2H3,(H,34,37,43)(H,35,36,38). The molecule has 0 bridgehead atoms. The number of aromatic nitrogens is 5. The van der Waals surface area contributed by atoms with Gasteiger partial charge < -0.3 is 24.1 Å². The van der Waals surface area contributed by atoms with Crippen molar-refractivity contribution < 1.29 is 22.7 Å². The smallest absolute Gasteiger partial charge is 0.417 e. The average molecular weight is 586 g/mol. The maximum atomic E-state index is 13.3. The zero-order valence-corrected chi connectivity index (χ0v) is 22.9. The number of nitriles is 1. The van der Waals surface area contributed by atoms with Gasteiger partial charge in [0.05, 0.1) is 58.8 Å². The van der Waals surface area contributed by atoms with Gasteiger partial charge in [0.25, 0.3) is 5.56 Å². The fraction of sp³-hybridized carbons (Fsp3) is 0.217. The van der Waals surface area contributed by atoms with Crippen molar-refractivity contribution >= 4 is 81.7 Å². The molecule has 21 heteroatoms. The lowest BCUT2D eigenvalue weighted by atomic mass is 9.40. The van der Waals surface area contributed by atoms with Crippen molar-refractivity contribution in [1.82, 2.24) is 29.0 Å².